The van der Waals surface area contributed by atoms with Crippen molar-refractivity contribution >= 4 is 11.4 Å². The van der Waals surface area contributed by atoms with E-state index >= 15 is 0 Å². The van der Waals surface area contributed by atoms with Crippen LogP contribution in [0.5, 0.6) is 0 Å². The fraction of sp³-hybridized carbons (Fsp3) is 0.286. The fourth-order valence-electron chi connectivity index (χ4n) is 3.91. The van der Waals surface area contributed by atoms with Gasteiger partial charge in [-0.15, -0.1) is 0 Å². The normalized spacial score (nSPS) is 24.5. The largest absolute Gasteiger partial charge is 0.463 e. The van der Waals surface area contributed by atoms with Gasteiger partial charge in [0.25, 0.3) is 5.69 Å². The van der Waals surface area contributed by atoms with Crippen LogP contribution in [0.15, 0.2) is 60.2 Å². The van der Waals surface area contributed by atoms with Gasteiger partial charge in [0, 0.05) is 29.5 Å². The molecule has 2 aromatic rings. The summed E-state index contributed by atoms with van der Waals surface area (Å²) in [5, 5.41) is 20.9. The lowest BCUT2D eigenvalue weighted by atomic mass is 9.75. The monoisotopic (exact) mass is 362 g/mol. The topological polar surface area (TPSA) is 85.4 Å². The van der Waals surface area contributed by atoms with Gasteiger partial charge in [-0.1, -0.05) is 42.5 Å². The summed E-state index contributed by atoms with van der Waals surface area (Å²) in [5.74, 6) is 0.317. The smallest absolute Gasteiger partial charge is 0.269 e. The number of nitro groups is 1. The lowest BCUT2D eigenvalue weighted by molar-refractivity contribution is -0.384. The number of benzene rings is 2. The summed E-state index contributed by atoms with van der Waals surface area (Å²) in [6.45, 7) is 0.623. The molecule has 0 N–H and O–H groups in total. The molecule has 0 unspecified atom stereocenters. The summed E-state index contributed by atoms with van der Waals surface area (Å²) in [6, 6.07) is 18.3. The van der Waals surface area contributed by atoms with Gasteiger partial charge in [0.1, 0.15) is 5.76 Å². The summed E-state index contributed by atoms with van der Waals surface area (Å²) in [6.07, 6.45) is 1.35. The van der Waals surface area contributed by atoms with Crippen molar-refractivity contribution in [2.75, 3.05) is 6.61 Å². The van der Waals surface area contributed by atoms with Crippen molar-refractivity contribution in [1.29, 1.82) is 5.26 Å². The molecule has 1 fully saturated rings. The molecule has 0 saturated carbocycles. The van der Waals surface area contributed by atoms with E-state index in [-0.39, 0.29) is 17.5 Å². The fourth-order valence-corrected chi connectivity index (χ4v) is 3.91. The third-order valence-electron chi connectivity index (χ3n) is 5.15. The molecule has 2 aromatic carbocycles. The standard InChI is InChI=1S/C21H18N2O4/c22-13-18-19(14-8-10-16(11-9-14)23(24)25)17-7-4-12-26-21(17)27-20(18)15-5-2-1-3-6-15/h1-3,5-6,8-11,17,19,21H,4,7,12H2/t17-,19-,21+/m0/s1. The Bertz CT molecular complexity index is 915. The van der Waals surface area contributed by atoms with Crippen LogP contribution in [-0.4, -0.2) is 17.8 Å². The summed E-state index contributed by atoms with van der Waals surface area (Å²) >= 11 is 0. The third-order valence-corrected chi connectivity index (χ3v) is 5.15. The Hall–Kier alpha value is -3.17. The Balaban J connectivity index is 1.84. The number of ether oxygens (including phenoxy) is 2. The van der Waals surface area contributed by atoms with Crippen molar-refractivity contribution < 1.29 is 14.4 Å². The number of nitrogens with zero attached hydrogens (tertiary/aromatic N) is 2. The first kappa shape index (κ1) is 17.3. The van der Waals surface area contributed by atoms with Crippen LogP contribution in [0.3, 0.4) is 0 Å². The summed E-state index contributed by atoms with van der Waals surface area (Å²) in [7, 11) is 0. The van der Waals surface area contributed by atoms with Gasteiger partial charge in [-0.05, 0) is 18.4 Å². The van der Waals surface area contributed by atoms with Gasteiger partial charge >= 0.3 is 0 Å². The first-order valence-corrected chi connectivity index (χ1v) is 8.91. The highest BCUT2D eigenvalue weighted by atomic mass is 16.7. The van der Waals surface area contributed by atoms with Crippen LogP contribution in [0, 0.1) is 27.4 Å². The first-order valence-electron chi connectivity index (χ1n) is 8.91. The number of nitriles is 1. The molecule has 2 aliphatic rings. The quantitative estimate of drug-likeness (QED) is 0.597. The van der Waals surface area contributed by atoms with E-state index in [0.717, 1.165) is 24.0 Å². The van der Waals surface area contributed by atoms with E-state index in [0.29, 0.717) is 17.9 Å². The zero-order valence-electron chi connectivity index (χ0n) is 14.6. The second kappa shape index (κ2) is 7.22. The average Bonchev–Trinajstić information content (AvgIpc) is 2.73. The van der Waals surface area contributed by atoms with E-state index in [9.17, 15) is 15.4 Å². The van der Waals surface area contributed by atoms with Gasteiger partial charge in [0.2, 0.25) is 6.29 Å². The van der Waals surface area contributed by atoms with Crippen molar-refractivity contribution in [3.05, 3.63) is 81.4 Å². The molecule has 6 heteroatoms. The highest BCUT2D eigenvalue weighted by Gasteiger charge is 2.43. The zero-order valence-corrected chi connectivity index (χ0v) is 14.6. The highest BCUT2D eigenvalue weighted by Crippen LogP contribution is 2.47. The van der Waals surface area contributed by atoms with E-state index in [1.54, 1.807) is 12.1 Å². The molecule has 0 aliphatic carbocycles. The molecule has 4 rings (SSSR count). The Morgan fingerprint density at radius 1 is 1.11 bits per heavy atom. The second-order valence-electron chi connectivity index (χ2n) is 6.71. The number of hydrogen-bond donors (Lipinski definition) is 0. The molecule has 6 nitrogen and oxygen atoms in total. The van der Waals surface area contributed by atoms with Crippen molar-refractivity contribution in [3.8, 4) is 6.07 Å². The van der Waals surface area contributed by atoms with E-state index in [1.807, 2.05) is 30.3 Å². The van der Waals surface area contributed by atoms with Crippen LogP contribution < -0.4 is 0 Å². The molecular weight excluding hydrogens is 344 g/mol. The maximum atomic E-state index is 11.0. The molecule has 2 aliphatic heterocycles. The number of nitro benzene ring substituents is 1. The molecule has 27 heavy (non-hydrogen) atoms. The molecule has 0 bridgehead atoms. The second-order valence-corrected chi connectivity index (χ2v) is 6.71. The SMILES string of the molecule is N#CC1=C(c2ccccc2)O[C@H]2OCCC[C@H]2[C@@H]1c1ccc([N+](=O)[O-])cc1. The van der Waals surface area contributed by atoms with E-state index in [2.05, 4.69) is 6.07 Å². The number of fused-ring (bicyclic) bond motifs is 1. The predicted octanol–water partition coefficient (Wildman–Crippen LogP) is 4.40. The average molecular weight is 362 g/mol. The number of allylic oxidation sites excluding steroid dienone is 1. The van der Waals surface area contributed by atoms with E-state index in [4.69, 9.17) is 9.47 Å². The van der Waals surface area contributed by atoms with Gasteiger partial charge in [-0.2, -0.15) is 5.26 Å². The minimum absolute atomic E-state index is 0.00215. The highest BCUT2D eigenvalue weighted by molar-refractivity contribution is 5.70. The molecule has 0 radical (unpaired) electrons. The first-order chi connectivity index (χ1) is 13.2. The Labute approximate surface area is 156 Å². The van der Waals surface area contributed by atoms with Crippen LogP contribution in [0.1, 0.15) is 29.9 Å². The molecule has 0 spiro atoms. The van der Waals surface area contributed by atoms with Crippen LogP contribution >= 0.6 is 0 Å². The Kier molecular flexibility index (Phi) is 4.61. The Morgan fingerprint density at radius 2 is 1.85 bits per heavy atom. The van der Waals surface area contributed by atoms with Crippen LogP contribution in [0.4, 0.5) is 5.69 Å². The van der Waals surface area contributed by atoms with Crippen LogP contribution in [0.2, 0.25) is 0 Å². The van der Waals surface area contributed by atoms with Gasteiger partial charge in [0.15, 0.2) is 0 Å². The lowest BCUT2D eigenvalue weighted by Gasteiger charge is -2.41. The minimum atomic E-state index is -0.425. The van der Waals surface area contributed by atoms with Crippen molar-refractivity contribution in [1.82, 2.24) is 0 Å². The van der Waals surface area contributed by atoms with Crippen molar-refractivity contribution in [2.45, 2.75) is 25.0 Å². The summed E-state index contributed by atoms with van der Waals surface area (Å²) in [4.78, 5) is 10.6. The van der Waals surface area contributed by atoms with Crippen molar-refractivity contribution in [2.24, 2.45) is 5.92 Å². The Morgan fingerprint density at radius 3 is 2.52 bits per heavy atom. The van der Waals surface area contributed by atoms with Crippen LogP contribution in [-0.2, 0) is 9.47 Å². The van der Waals surface area contributed by atoms with Crippen LogP contribution in [0.25, 0.3) is 5.76 Å². The predicted molar refractivity (Wildman–Crippen MR) is 98.4 cm³/mol. The minimum Gasteiger partial charge on any atom is -0.463 e. The van der Waals surface area contributed by atoms with E-state index < -0.39 is 11.2 Å². The van der Waals surface area contributed by atoms with E-state index in [1.165, 1.54) is 12.1 Å². The van der Waals surface area contributed by atoms with Gasteiger partial charge < -0.3 is 9.47 Å². The zero-order chi connectivity index (χ0) is 18.8. The number of hydrogen-bond acceptors (Lipinski definition) is 5. The van der Waals surface area contributed by atoms with Crippen molar-refractivity contribution in [3.63, 3.8) is 0 Å². The molecule has 1 saturated heterocycles. The number of non-ortho nitro benzene ring substituents is 1. The van der Waals surface area contributed by atoms with Gasteiger partial charge in [0.05, 0.1) is 23.2 Å². The molecule has 3 atom stereocenters. The summed E-state index contributed by atoms with van der Waals surface area (Å²) in [5.41, 5.74) is 2.28. The third kappa shape index (κ3) is 3.18. The molecule has 2 heterocycles. The maximum Gasteiger partial charge on any atom is 0.269 e. The molecule has 0 aromatic heterocycles. The molecular formula is C21H18N2O4. The molecule has 136 valence electrons. The summed E-state index contributed by atoms with van der Waals surface area (Å²) < 4.78 is 12.0. The lowest BCUT2D eigenvalue weighted by Crippen LogP contribution is -2.39. The van der Waals surface area contributed by atoms with Gasteiger partial charge in [-0.3, -0.25) is 10.1 Å². The maximum absolute atomic E-state index is 11.0. The number of rotatable bonds is 3. The van der Waals surface area contributed by atoms with Gasteiger partial charge in [-0.25, -0.2) is 0 Å². The molecule has 0 amide bonds.